The number of hydrogen-bond acceptors (Lipinski definition) is 2. The van der Waals surface area contributed by atoms with Crippen LogP contribution in [0.5, 0.6) is 0 Å². The molecule has 0 spiro atoms. The number of ether oxygens (including phenoxy) is 1. The van der Waals surface area contributed by atoms with E-state index >= 15 is 0 Å². The third kappa shape index (κ3) is 5.00. The minimum absolute atomic E-state index is 0.112. The highest BCUT2D eigenvalue weighted by Crippen LogP contribution is 2.30. The molecule has 1 fully saturated rings. The van der Waals surface area contributed by atoms with Gasteiger partial charge in [0.2, 0.25) is 0 Å². The molecule has 3 rings (SSSR count). The maximum absolute atomic E-state index is 13.0. The number of rotatable bonds is 4. The second kappa shape index (κ2) is 8.29. The molecule has 144 valence electrons. The normalized spacial score (nSPS) is 16.7. The van der Waals surface area contributed by atoms with Gasteiger partial charge < -0.3 is 15.0 Å². The fraction of sp³-hybridized carbons (Fsp3) is 0.316. The lowest BCUT2D eigenvalue weighted by molar-refractivity contribution is -0.929. The van der Waals surface area contributed by atoms with Gasteiger partial charge in [-0.15, -0.1) is 0 Å². The minimum atomic E-state index is -4.47. The lowest BCUT2D eigenvalue weighted by Crippen LogP contribution is -3.15. The number of amides is 1. The summed E-state index contributed by atoms with van der Waals surface area (Å²) in [5.41, 5.74) is 0.0595. The van der Waals surface area contributed by atoms with E-state index in [-0.39, 0.29) is 11.6 Å². The van der Waals surface area contributed by atoms with Gasteiger partial charge in [-0.05, 0) is 30.3 Å². The number of carbonyl (C=O) groups is 1. The van der Waals surface area contributed by atoms with Crippen molar-refractivity contribution in [2.75, 3.05) is 31.6 Å². The van der Waals surface area contributed by atoms with Gasteiger partial charge >= 0.3 is 6.18 Å². The Morgan fingerprint density at radius 3 is 2.41 bits per heavy atom. The zero-order valence-corrected chi connectivity index (χ0v) is 15.1. The summed E-state index contributed by atoms with van der Waals surface area (Å²) in [5.74, 6) is -0.367. The molecule has 2 N–H and O–H groups in total. The van der Waals surface area contributed by atoms with E-state index in [4.69, 9.17) is 16.3 Å². The highest BCUT2D eigenvalue weighted by Gasteiger charge is 2.34. The highest BCUT2D eigenvalue weighted by molar-refractivity contribution is 6.30. The molecule has 1 amide bonds. The quantitative estimate of drug-likeness (QED) is 0.830. The van der Waals surface area contributed by atoms with Gasteiger partial charge in [0.1, 0.15) is 13.1 Å². The Labute approximate surface area is 159 Å². The van der Waals surface area contributed by atoms with E-state index in [0.717, 1.165) is 22.6 Å². The van der Waals surface area contributed by atoms with Crippen molar-refractivity contribution in [3.63, 3.8) is 0 Å². The van der Waals surface area contributed by atoms with Crippen LogP contribution < -0.4 is 10.2 Å². The molecule has 1 aliphatic heterocycles. The Balaban J connectivity index is 1.85. The Morgan fingerprint density at radius 1 is 1.11 bits per heavy atom. The first-order valence-corrected chi connectivity index (χ1v) is 8.88. The number of morpholine rings is 1. The molecule has 1 saturated heterocycles. The van der Waals surface area contributed by atoms with Crippen molar-refractivity contribution in [3.8, 4) is 0 Å². The summed E-state index contributed by atoms with van der Waals surface area (Å²) in [6.07, 6.45) is -4.47. The number of quaternary nitrogens is 1. The molecule has 2 aromatic rings. The molecule has 0 saturated carbocycles. The van der Waals surface area contributed by atoms with Gasteiger partial charge in [0, 0.05) is 16.3 Å². The monoisotopic (exact) mass is 399 g/mol. The van der Waals surface area contributed by atoms with E-state index in [1.165, 1.54) is 12.1 Å². The number of benzene rings is 2. The Morgan fingerprint density at radius 2 is 1.78 bits per heavy atom. The average molecular weight is 400 g/mol. The van der Waals surface area contributed by atoms with Crippen LogP contribution in [-0.2, 0) is 15.7 Å². The van der Waals surface area contributed by atoms with Gasteiger partial charge in [-0.1, -0.05) is 29.8 Å². The maximum atomic E-state index is 13.0. The van der Waals surface area contributed by atoms with Crippen LogP contribution in [0.25, 0.3) is 0 Å². The molecule has 1 aliphatic rings. The third-order valence-electron chi connectivity index (χ3n) is 4.47. The van der Waals surface area contributed by atoms with Crippen LogP contribution in [0.4, 0.5) is 18.9 Å². The van der Waals surface area contributed by atoms with Crippen molar-refractivity contribution in [2.24, 2.45) is 0 Å². The highest BCUT2D eigenvalue weighted by atomic mass is 35.5. The number of carbonyl (C=O) groups excluding carboxylic acids is 1. The summed E-state index contributed by atoms with van der Waals surface area (Å²) in [5, 5.41) is 3.18. The van der Waals surface area contributed by atoms with Crippen molar-refractivity contribution in [1.82, 2.24) is 0 Å². The van der Waals surface area contributed by atoms with Crippen molar-refractivity contribution < 1.29 is 27.6 Å². The molecule has 0 radical (unpaired) electrons. The van der Waals surface area contributed by atoms with E-state index in [2.05, 4.69) is 5.32 Å². The van der Waals surface area contributed by atoms with Gasteiger partial charge in [-0.25, -0.2) is 0 Å². The Bertz CT molecular complexity index is 790. The predicted octanol–water partition coefficient (Wildman–Crippen LogP) is 2.95. The van der Waals surface area contributed by atoms with Crippen LogP contribution in [0.3, 0.4) is 0 Å². The molecule has 2 aromatic carbocycles. The largest absolute Gasteiger partial charge is 0.416 e. The molecule has 8 heteroatoms. The summed E-state index contributed by atoms with van der Waals surface area (Å²) >= 11 is 5.94. The lowest BCUT2D eigenvalue weighted by Gasteiger charge is -2.31. The first-order valence-electron chi connectivity index (χ1n) is 8.50. The second-order valence-electron chi connectivity index (χ2n) is 6.32. The number of nitrogens with one attached hydrogen (secondary N) is 2. The van der Waals surface area contributed by atoms with E-state index in [1.807, 2.05) is 0 Å². The molecule has 0 unspecified atom stereocenters. The fourth-order valence-corrected chi connectivity index (χ4v) is 3.26. The van der Waals surface area contributed by atoms with E-state index < -0.39 is 17.8 Å². The molecular formula is C19H19ClF3N2O2+. The van der Waals surface area contributed by atoms with Crippen LogP contribution in [-0.4, -0.2) is 32.2 Å². The summed E-state index contributed by atoms with van der Waals surface area (Å²) in [4.78, 5) is 14.0. The first-order chi connectivity index (χ1) is 12.8. The molecule has 0 aromatic heterocycles. The van der Waals surface area contributed by atoms with Crippen molar-refractivity contribution in [1.29, 1.82) is 0 Å². The second-order valence-corrected chi connectivity index (χ2v) is 6.76. The maximum Gasteiger partial charge on any atom is 0.416 e. The molecule has 0 aliphatic carbocycles. The van der Waals surface area contributed by atoms with E-state index in [0.29, 0.717) is 31.3 Å². The van der Waals surface area contributed by atoms with Gasteiger partial charge in [0.25, 0.3) is 5.91 Å². The zero-order chi connectivity index (χ0) is 19.4. The van der Waals surface area contributed by atoms with Crippen LogP contribution in [0.2, 0.25) is 5.02 Å². The Hall–Kier alpha value is -2.09. The molecule has 1 atom stereocenters. The van der Waals surface area contributed by atoms with Gasteiger partial charge in [-0.2, -0.15) is 13.2 Å². The van der Waals surface area contributed by atoms with Crippen LogP contribution in [0, 0.1) is 0 Å². The van der Waals surface area contributed by atoms with Gasteiger partial charge in [0.05, 0.1) is 18.8 Å². The topological polar surface area (TPSA) is 42.8 Å². The fourth-order valence-electron chi connectivity index (χ4n) is 3.14. The smallest absolute Gasteiger partial charge is 0.370 e. The lowest BCUT2D eigenvalue weighted by atomic mass is 10.0. The number of anilines is 1. The number of alkyl halides is 3. The third-order valence-corrected chi connectivity index (χ3v) is 4.72. The summed E-state index contributed by atoms with van der Waals surface area (Å²) in [6.45, 7) is 2.30. The number of halogens is 4. The molecule has 1 heterocycles. The zero-order valence-electron chi connectivity index (χ0n) is 14.4. The molecule has 27 heavy (non-hydrogen) atoms. The van der Waals surface area contributed by atoms with Crippen molar-refractivity contribution in [2.45, 2.75) is 12.2 Å². The van der Waals surface area contributed by atoms with Crippen molar-refractivity contribution >= 4 is 23.2 Å². The van der Waals surface area contributed by atoms with Crippen LogP contribution in [0.1, 0.15) is 17.2 Å². The average Bonchev–Trinajstić information content (AvgIpc) is 2.64. The predicted molar refractivity (Wildman–Crippen MR) is 95.8 cm³/mol. The van der Waals surface area contributed by atoms with E-state index in [9.17, 15) is 18.0 Å². The van der Waals surface area contributed by atoms with Gasteiger partial charge in [-0.3, -0.25) is 4.79 Å². The SMILES string of the molecule is O=C(Nc1cccc(C(F)(F)F)c1)[C@@H](c1ccc(Cl)cc1)[NH+]1CCOCC1. The van der Waals surface area contributed by atoms with Crippen LogP contribution in [0.15, 0.2) is 48.5 Å². The Kier molecular flexibility index (Phi) is 6.04. The first kappa shape index (κ1) is 19.7. The summed E-state index contributed by atoms with van der Waals surface area (Å²) in [6, 6.07) is 11.0. The van der Waals surface area contributed by atoms with Crippen LogP contribution >= 0.6 is 11.6 Å². The minimum Gasteiger partial charge on any atom is -0.370 e. The molecular weight excluding hydrogens is 381 g/mol. The van der Waals surface area contributed by atoms with Crippen molar-refractivity contribution in [3.05, 3.63) is 64.7 Å². The molecule has 0 bridgehead atoms. The standard InChI is InChI=1S/C19H18ClF3N2O2/c20-15-6-4-13(5-7-15)17(25-8-10-27-11-9-25)18(26)24-16-3-1-2-14(12-16)19(21,22)23/h1-7,12,17H,8-11H2,(H,24,26)/p+1/t17-/m1/s1. The molecule has 4 nitrogen and oxygen atoms in total. The number of hydrogen-bond donors (Lipinski definition) is 2. The summed E-state index contributed by atoms with van der Waals surface area (Å²) in [7, 11) is 0. The summed E-state index contributed by atoms with van der Waals surface area (Å²) < 4.78 is 44.1. The van der Waals surface area contributed by atoms with Gasteiger partial charge in [0.15, 0.2) is 6.04 Å². The van der Waals surface area contributed by atoms with E-state index in [1.54, 1.807) is 24.3 Å².